The molecule has 0 aliphatic heterocycles. The Labute approximate surface area is 192 Å². The Morgan fingerprint density at radius 3 is 1.61 bits per heavy atom. The van der Waals surface area contributed by atoms with Crippen LogP contribution in [-0.2, 0) is 0 Å². The van der Waals surface area contributed by atoms with Crippen LogP contribution >= 0.6 is 0 Å². The SMILES string of the molecule is COc1ccc(-c2nc(-c3cc(OC)c(OC)cc3OC)[nH]c2-c2ccc(OC)cc2)cc1. The normalized spacial score (nSPS) is 10.6. The molecule has 0 aliphatic rings. The fourth-order valence-corrected chi connectivity index (χ4v) is 3.64. The summed E-state index contributed by atoms with van der Waals surface area (Å²) in [7, 11) is 8.10. The first-order chi connectivity index (χ1) is 16.1. The van der Waals surface area contributed by atoms with Crippen LogP contribution in [0.2, 0.25) is 0 Å². The average Bonchev–Trinajstić information content (AvgIpc) is 3.33. The van der Waals surface area contributed by atoms with E-state index in [0.717, 1.165) is 39.6 Å². The third-order valence-corrected chi connectivity index (χ3v) is 5.41. The van der Waals surface area contributed by atoms with E-state index >= 15 is 0 Å². The molecule has 7 nitrogen and oxygen atoms in total. The molecular weight excluding hydrogens is 420 g/mol. The predicted octanol–water partition coefficient (Wildman–Crippen LogP) is 5.45. The molecule has 0 radical (unpaired) electrons. The molecular formula is C26H26N2O5. The summed E-state index contributed by atoms with van der Waals surface area (Å²) in [5.74, 6) is 3.98. The first-order valence-corrected chi connectivity index (χ1v) is 10.3. The van der Waals surface area contributed by atoms with Crippen molar-refractivity contribution in [2.45, 2.75) is 0 Å². The van der Waals surface area contributed by atoms with E-state index in [0.29, 0.717) is 23.1 Å². The minimum absolute atomic E-state index is 0.579. The highest BCUT2D eigenvalue weighted by atomic mass is 16.5. The van der Waals surface area contributed by atoms with Gasteiger partial charge in [-0.05, 0) is 54.6 Å². The predicted molar refractivity (Wildman–Crippen MR) is 128 cm³/mol. The van der Waals surface area contributed by atoms with E-state index in [1.54, 1.807) is 41.6 Å². The molecule has 0 amide bonds. The molecule has 0 atom stereocenters. The van der Waals surface area contributed by atoms with Gasteiger partial charge in [-0.2, -0.15) is 0 Å². The van der Waals surface area contributed by atoms with Crippen LogP contribution < -0.4 is 23.7 Å². The van der Waals surface area contributed by atoms with Gasteiger partial charge >= 0.3 is 0 Å². The van der Waals surface area contributed by atoms with Crippen molar-refractivity contribution in [1.29, 1.82) is 0 Å². The van der Waals surface area contributed by atoms with Gasteiger partial charge in [0.25, 0.3) is 0 Å². The topological polar surface area (TPSA) is 74.8 Å². The Balaban J connectivity index is 1.91. The second kappa shape index (κ2) is 9.56. The number of methoxy groups -OCH3 is 5. The van der Waals surface area contributed by atoms with Gasteiger partial charge in [0.2, 0.25) is 0 Å². The number of benzene rings is 3. The van der Waals surface area contributed by atoms with Crippen LogP contribution in [0.5, 0.6) is 28.7 Å². The van der Waals surface area contributed by atoms with Crippen molar-refractivity contribution in [2.75, 3.05) is 35.5 Å². The zero-order valence-corrected chi connectivity index (χ0v) is 19.3. The van der Waals surface area contributed by atoms with Gasteiger partial charge in [0.15, 0.2) is 11.5 Å². The minimum Gasteiger partial charge on any atom is -0.497 e. The largest absolute Gasteiger partial charge is 0.497 e. The number of rotatable bonds is 8. The Hall–Kier alpha value is -4.13. The molecule has 0 saturated heterocycles. The maximum Gasteiger partial charge on any atom is 0.164 e. The van der Waals surface area contributed by atoms with Crippen LogP contribution in [0.15, 0.2) is 60.7 Å². The fraction of sp³-hybridized carbons (Fsp3) is 0.192. The van der Waals surface area contributed by atoms with Crippen LogP contribution in [0.3, 0.4) is 0 Å². The van der Waals surface area contributed by atoms with Crippen LogP contribution in [0, 0.1) is 0 Å². The van der Waals surface area contributed by atoms with Gasteiger partial charge in [0.05, 0.1) is 52.5 Å². The second-order valence-electron chi connectivity index (χ2n) is 7.17. The number of H-pyrrole nitrogens is 1. The maximum atomic E-state index is 5.63. The lowest BCUT2D eigenvalue weighted by molar-refractivity contribution is 0.349. The van der Waals surface area contributed by atoms with E-state index in [1.165, 1.54) is 0 Å². The smallest absolute Gasteiger partial charge is 0.164 e. The van der Waals surface area contributed by atoms with Gasteiger partial charge in [-0.15, -0.1) is 0 Å². The Morgan fingerprint density at radius 2 is 1.09 bits per heavy atom. The van der Waals surface area contributed by atoms with Crippen LogP contribution in [0.1, 0.15) is 0 Å². The molecule has 4 rings (SSSR count). The molecule has 4 aromatic rings. The van der Waals surface area contributed by atoms with Crippen molar-refractivity contribution in [3.63, 3.8) is 0 Å². The van der Waals surface area contributed by atoms with Crippen molar-refractivity contribution >= 4 is 0 Å². The second-order valence-corrected chi connectivity index (χ2v) is 7.17. The molecule has 170 valence electrons. The summed E-state index contributed by atoms with van der Waals surface area (Å²) in [6, 6.07) is 19.3. The number of imidazole rings is 1. The summed E-state index contributed by atoms with van der Waals surface area (Å²) in [6.07, 6.45) is 0. The van der Waals surface area contributed by atoms with Crippen molar-refractivity contribution < 1.29 is 23.7 Å². The third-order valence-electron chi connectivity index (χ3n) is 5.41. The highest BCUT2D eigenvalue weighted by molar-refractivity contribution is 5.83. The van der Waals surface area contributed by atoms with E-state index in [9.17, 15) is 0 Å². The first kappa shape index (κ1) is 22.1. The van der Waals surface area contributed by atoms with Crippen molar-refractivity contribution in [3.8, 4) is 62.7 Å². The summed E-state index contributed by atoms with van der Waals surface area (Å²) in [5, 5.41) is 0. The van der Waals surface area contributed by atoms with Gasteiger partial charge in [-0.1, -0.05) is 0 Å². The van der Waals surface area contributed by atoms with E-state index in [1.807, 2.05) is 54.6 Å². The molecule has 7 heteroatoms. The maximum absolute atomic E-state index is 5.63. The van der Waals surface area contributed by atoms with E-state index in [4.69, 9.17) is 28.7 Å². The molecule has 3 aromatic carbocycles. The van der Waals surface area contributed by atoms with Gasteiger partial charge in [0, 0.05) is 17.2 Å². The molecule has 0 saturated carbocycles. The summed E-state index contributed by atoms with van der Waals surface area (Å²) in [6.45, 7) is 0. The zero-order valence-electron chi connectivity index (χ0n) is 19.3. The lowest BCUT2D eigenvalue weighted by Crippen LogP contribution is -1.95. The monoisotopic (exact) mass is 446 g/mol. The number of aromatic amines is 1. The fourth-order valence-electron chi connectivity index (χ4n) is 3.64. The zero-order chi connectivity index (χ0) is 23.4. The van der Waals surface area contributed by atoms with Crippen LogP contribution in [0.4, 0.5) is 0 Å². The molecule has 0 fully saturated rings. The summed E-state index contributed by atoms with van der Waals surface area (Å²) >= 11 is 0. The van der Waals surface area contributed by atoms with Gasteiger partial charge < -0.3 is 28.7 Å². The first-order valence-electron chi connectivity index (χ1n) is 10.3. The quantitative estimate of drug-likeness (QED) is 0.388. The van der Waals surface area contributed by atoms with Crippen molar-refractivity contribution in [3.05, 3.63) is 60.7 Å². The van der Waals surface area contributed by atoms with Gasteiger partial charge in [-0.25, -0.2) is 4.98 Å². The van der Waals surface area contributed by atoms with Crippen LogP contribution in [-0.4, -0.2) is 45.5 Å². The molecule has 0 bridgehead atoms. The highest BCUT2D eigenvalue weighted by Crippen LogP contribution is 2.41. The number of hydrogen-bond donors (Lipinski definition) is 1. The molecule has 0 unspecified atom stereocenters. The number of hydrogen-bond acceptors (Lipinski definition) is 6. The molecule has 1 aromatic heterocycles. The molecule has 0 aliphatic carbocycles. The number of nitrogens with one attached hydrogen (secondary N) is 1. The average molecular weight is 447 g/mol. The van der Waals surface area contributed by atoms with E-state index in [2.05, 4.69) is 4.98 Å². The van der Waals surface area contributed by atoms with Crippen molar-refractivity contribution in [1.82, 2.24) is 9.97 Å². The summed E-state index contributed by atoms with van der Waals surface area (Å²) in [4.78, 5) is 8.44. The number of aromatic nitrogens is 2. The number of nitrogens with zero attached hydrogens (tertiary/aromatic N) is 1. The Morgan fingerprint density at radius 1 is 0.576 bits per heavy atom. The summed E-state index contributed by atoms with van der Waals surface area (Å²) in [5.41, 5.74) is 4.34. The molecule has 0 spiro atoms. The lowest BCUT2D eigenvalue weighted by Gasteiger charge is -2.12. The number of ether oxygens (including phenoxy) is 5. The Kier molecular flexibility index (Phi) is 6.40. The van der Waals surface area contributed by atoms with E-state index < -0.39 is 0 Å². The standard InChI is InChI=1S/C26H26N2O5/c1-29-18-10-6-16(7-11-18)24-25(17-8-12-19(30-2)13-9-17)28-26(27-24)20-14-22(32-4)23(33-5)15-21(20)31-3/h6-15H,1-5H3,(H,27,28). The lowest BCUT2D eigenvalue weighted by atomic mass is 10.0. The minimum atomic E-state index is 0.579. The molecule has 1 N–H and O–H groups in total. The van der Waals surface area contributed by atoms with Crippen molar-refractivity contribution in [2.24, 2.45) is 0 Å². The van der Waals surface area contributed by atoms with Gasteiger partial charge in [0.1, 0.15) is 23.1 Å². The van der Waals surface area contributed by atoms with E-state index in [-0.39, 0.29) is 0 Å². The summed E-state index contributed by atoms with van der Waals surface area (Å²) < 4.78 is 27.2. The van der Waals surface area contributed by atoms with Crippen LogP contribution in [0.25, 0.3) is 33.9 Å². The highest BCUT2D eigenvalue weighted by Gasteiger charge is 2.20. The van der Waals surface area contributed by atoms with Gasteiger partial charge in [-0.3, -0.25) is 0 Å². The molecule has 33 heavy (non-hydrogen) atoms. The Bertz CT molecular complexity index is 1170. The molecule has 1 heterocycles. The third kappa shape index (κ3) is 4.30.